The quantitative estimate of drug-likeness (QED) is 0.797. The Kier molecular flexibility index (Phi) is 1.83. The van der Waals surface area contributed by atoms with Gasteiger partial charge in [0.15, 0.2) is 0 Å². The van der Waals surface area contributed by atoms with E-state index in [-0.39, 0.29) is 5.54 Å². The number of aromatic nitrogens is 2. The van der Waals surface area contributed by atoms with Crippen LogP contribution in [0, 0.1) is 0 Å². The second-order valence-electron chi connectivity index (χ2n) is 4.56. The molecule has 0 spiro atoms. The molecule has 78 valence electrons. The minimum absolute atomic E-state index is 0.124. The third kappa shape index (κ3) is 1.75. The monoisotopic (exact) mass is 201 g/mol. The summed E-state index contributed by atoms with van der Waals surface area (Å²) in [5, 5.41) is 0. The molecule has 0 bridgehead atoms. The van der Waals surface area contributed by atoms with Crippen LogP contribution >= 0.6 is 0 Å². The first-order chi connectivity index (χ1) is 7.25. The van der Waals surface area contributed by atoms with Crippen molar-refractivity contribution in [1.82, 2.24) is 9.97 Å². The Labute approximate surface area is 88.7 Å². The number of rotatable bonds is 3. The topological polar surface area (TPSA) is 54.7 Å². The summed E-state index contributed by atoms with van der Waals surface area (Å²) >= 11 is 0. The Morgan fingerprint density at radius 3 is 2.87 bits per heavy atom. The highest BCUT2D eigenvalue weighted by Crippen LogP contribution is 2.36. The number of aryl methyl sites for hydroxylation is 1. The lowest BCUT2D eigenvalue weighted by atomic mass is 10.1. The molecule has 15 heavy (non-hydrogen) atoms. The summed E-state index contributed by atoms with van der Waals surface area (Å²) in [5.74, 6) is 1.06. The summed E-state index contributed by atoms with van der Waals surface area (Å²) < 4.78 is 0. The number of hydrogen-bond donors (Lipinski definition) is 2. The maximum Gasteiger partial charge on any atom is 0.107 e. The number of nitrogens with two attached hydrogens (primary N) is 1. The normalized spacial score (nSPS) is 18.2. The molecular weight excluding hydrogens is 186 g/mol. The van der Waals surface area contributed by atoms with Crippen LogP contribution < -0.4 is 5.73 Å². The van der Waals surface area contributed by atoms with Crippen LogP contribution in [0.15, 0.2) is 24.3 Å². The molecule has 1 heterocycles. The molecular formula is C12H15N3. The molecule has 1 fully saturated rings. The van der Waals surface area contributed by atoms with Crippen molar-refractivity contribution in [3.63, 3.8) is 0 Å². The van der Waals surface area contributed by atoms with Gasteiger partial charge in [-0.2, -0.15) is 0 Å². The lowest BCUT2D eigenvalue weighted by molar-refractivity contribution is 0.599. The van der Waals surface area contributed by atoms with Gasteiger partial charge in [-0.15, -0.1) is 0 Å². The van der Waals surface area contributed by atoms with Crippen LogP contribution in [0.5, 0.6) is 0 Å². The van der Waals surface area contributed by atoms with Crippen molar-refractivity contribution in [2.75, 3.05) is 0 Å². The fourth-order valence-electron chi connectivity index (χ4n) is 1.90. The van der Waals surface area contributed by atoms with Gasteiger partial charge in [-0.05, 0) is 31.4 Å². The molecule has 0 saturated heterocycles. The van der Waals surface area contributed by atoms with Gasteiger partial charge >= 0.3 is 0 Å². The van der Waals surface area contributed by atoms with Crippen LogP contribution in [0.3, 0.4) is 0 Å². The summed E-state index contributed by atoms with van der Waals surface area (Å²) in [4.78, 5) is 7.86. The molecule has 1 aromatic carbocycles. The number of H-pyrrole nitrogens is 1. The van der Waals surface area contributed by atoms with Crippen molar-refractivity contribution < 1.29 is 0 Å². The van der Waals surface area contributed by atoms with Crippen molar-refractivity contribution in [2.45, 2.75) is 31.2 Å². The number of nitrogens with zero attached hydrogens (tertiary/aromatic N) is 1. The Bertz CT molecular complexity index is 449. The predicted molar refractivity (Wildman–Crippen MR) is 60.6 cm³/mol. The van der Waals surface area contributed by atoms with E-state index in [0.717, 1.165) is 29.7 Å². The number of nitrogens with one attached hydrogen (secondary N) is 1. The highest BCUT2D eigenvalue weighted by Gasteiger charge is 2.37. The number of para-hydroxylation sites is 2. The predicted octanol–water partition coefficient (Wildman–Crippen LogP) is 1.99. The Hall–Kier alpha value is -1.35. The first kappa shape index (κ1) is 8.92. The molecule has 1 aliphatic rings. The van der Waals surface area contributed by atoms with E-state index < -0.39 is 0 Å². The van der Waals surface area contributed by atoms with E-state index >= 15 is 0 Å². The highest BCUT2D eigenvalue weighted by atomic mass is 14.9. The zero-order chi connectivity index (χ0) is 10.3. The van der Waals surface area contributed by atoms with Crippen molar-refractivity contribution in [3.05, 3.63) is 30.1 Å². The molecule has 3 rings (SSSR count). The van der Waals surface area contributed by atoms with Gasteiger partial charge in [0.05, 0.1) is 11.0 Å². The van der Waals surface area contributed by atoms with Gasteiger partial charge in [-0.3, -0.25) is 0 Å². The van der Waals surface area contributed by atoms with Gasteiger partial charge in [-0.1, -0.05) is 12.1 Å². The van der Waals surface area contributed by atoms with Crippen molar-refractivity contribution in [1.29, 1.82) is 0 Å². The summed E-state index contributed by atoms with van der Waals surface area (Å²) in [6.07, 6.45) is 4.36. The summed E-state index contributed by atoms with van der Waals surface area (Å²) in [6.45, 7) is 0. The van der Waals surface area contributed by atoms with E-state index in [0.29, 0.717) is 0 Å². The molecule has 0 unspecified atom stereocenters. The van der Waals surface area contributed by atoms with E-state index in [1.807, 2.05) is 18.2 Å². The Morgan fingerprint density at radius 1 is 1.33 bits per heavy atom. The van der Waals surface area contributed by atoms with Crippen LogP contribution in [0.4, 0.5) is 0 Å². The van der Waals surface area contributed by atoms with Gasteiger partial charge in [-0.25, -0.2) is 4.98 Å². The lowest BCUT2D eigenvalue weighted by Gasteiger charge is -2.04. The number of benzene rings is 1. The van der Waals surface area contributed by atoms with Crippen molar-refractivity contribution in [2.24, 2.45) is 5.73 Å². The molecule has 1 aliphatic carbocycles. The maximum absolute atomic E-state index is 6.05. The maximum atomic E-state index is 6.05. The van der Waals surface area contributed by atoms with Crippen LogP contribution in [0.2, 0.25) is 0 Å². The second-order valence-corrected chi connectivity index (χ2v) is 4.56. The molecule has 0 atom stereocenters. The smallest absolute Gasteiger partial charge is 0.107 e. The van der Waals surface area contributed by atoms with E-state index in [4.69, 9.17) is 5.73 Å². The largest absolute Gasteiger partial charge is 0.342 e. The first-order valence-electron chi connectivity index (χ1n) is 5.48. The van der Waals surface area contributed by atoms with Crippen molar-refractivity contribution in [3.8, 4) is 0 Å². The molecule has 3 nitrogen and oxygen atoms in total. The van der Waals surface area contributed by atoms with Gasteiger partial charge in [0, 0.05) is 12.0 Å². The van der Waals surface area contributed by atoms with Crippen LogP contribution in [-0.4, -0.2) is 15.5 Å². The zero-order valence-corrected chi connectivity index (χ0v) is 8.66. The average molecular weight is 201 g/mol. The molecule has 3 heteroatoms. The minimum atomic E-state index is 0.124. The highest BCUT2D eigenvalue weighted by molar-refractivity contribution is 5.74. The van der Waals surface area contributed by atoms with Gasteiger partial charge in [0.25, 0.3) is 0 Å². The third-order valence-corrected chi connectivity index (χ3v) is 3.19. The van der Waals surface area contributed by atoms with Gasteiger partial charge in [0.2, 0.25) is 0 Å². The summed E-state index contributed by atoms with van der Waals surface area (Å²) in [5.41, 5.74) is 8.34. The molecule has 0 amide bonds. The number of fused-ring (bicyclic) bond motifs is 1. The van der Waals surface area contributed by atoms with Gasteiger partial charge < -0.3 is 10.7 Å². The summed E-state index contributed by atoms with van der Waals surface area (Å²) in [6, 6.07) is 8.12. The fraction of sp³-hybridized carbons (Fsp3) is 0.417. The molecule has 0 radical (unpaired) electrons. The third-order valence-electron chi connectivity index (χ3n) is 3.19. The zero-order valence-electron chi connectivity index (χ0n) is 8.66. The molecule has 1 aromatic heterocycles. The minimum Gasteiger partial charge on any atom is -0.342 e. The lowest BCUT2D eigenvalue weighted by Crippen LogP contribution is -2.22. The Balaban J connectivity index is 1.79. The summed E-state index contributed by atoms with van der Waals surface area (Å²) in [7, 11) is 0. The average Bonchev–Trinajstić information content (AvgIpc) is 2.83. The van der Waals surface area contributed by atoms with Crippen LogP contribution in [0.25, 0.3) is 11.0 Å². The van der Waals surface area contributed by atoms with E-state index in [2.05, 4.69) is 16.0 Å². The van der Waals surface area contributed by atoms with Crippen LogP contribution in [0.1, 0.15) is 25.1 Å². The second kappa shape index (κ2) is 3.07. The fourth-order valence-corrected chi connectivity index (χ4v) is 1.90. The number of hydrogen-bond acceptors (Lipinski definition) is 2. The van der Waals surface area contributed by atoms with E-state index in [1.165, 1.54) is 12.8 Å². The Morgan fingerprint density at radius 2 is 2.13 bits per heavy atom. The SMILES string of the molecule is NC1(CCc2nc3ccccc3[nH]2)CC1. The molecule has 1 saturated carbocycles. The molecule has 3 N–H and O–H groups in total. The standard InChI is InChI=1S/C12H15N3/c13-12(7-8-12)6-5-11-14-9-3-1-2-4-10(9)15-11/h1-4H,5-8,13H2,(H,14,15). The van der Waals surface area contributed by atoms with Crippen LogP contribution in [-0.2, 0) is 6.42 Å². The molecule has 0 aliphatic heterocycles. The number of imidazole rings is 1. The van der Waals surface area contributed by atoms with E-state index in [9.17, 15) is 0 Å². The van der Waals surface area contributed by atoms with Gasteiger partial charge in [0.1, 0.15) is 5.82 Å². The van der Waals surface area contributed by atoms with Crippen molar-refractivity contribution >= 4 is 11.0 Å². The first-order valence-corrected chi connectivity index (χ1v) is 5.48. The molecule has 2 aromatic rings. The number of aromatic amines is 1. The van der Waals surface area contributed by atoms with E-state index in [1.54, 1.807) is 0 Å².